The Morgan fingerprint density at radius 2 is 1.80 bits per heavy atom. The molecule has 1 rings (SSSR count). The van der Waals surface area contributed by atoms with Crippen molar-refractivity contribution in [2.45, 2.75) is 25.9 Å². The van der Waals surface area contributed by atoms with Crippen LogP contribution in [0.2, 0.25) is 0 Å². The zero-order valence-electron chi connectivity index (χ0n) is 10.7. The fourth-order valence-electron chi connectivity index (χ4n) is 1.29. The molecule has 0 bridgehead atoms. The van der Waals surface area contributed by atoms with Crippen LogP contribution in [0, 0.1) is 0 Å². The van der Waals surface area contributed by atoms with Crippen molar-refractivity contribution >= 4 is 17.4 Å². The van der Waals surface area contributed by atoms with E-state index in [1.807, 2.05) is 5.43 Å². The normalized spacial score (nSPS) is 12.1. The Labute approximate surface area is 113 Å². The van der Waals surface area contributed by atoms with Crippen LogP contribution in [0.1, 0.15) is 30.1 Å². The van der Waals surface area contributed by atoms with Gasteiger partial charge in [0.15, 0.2) is 0 Å². The highest BCUT2D eigenvalue weighted by atomic mass is 19.4. The zero-order chi connectivity index (χ0) is 15.2. The van der Waals surface area contributed by atoms with Gasteiger partial charge in [0.1, 0.15) is 11.5 Å². The number of ketones is 1. The minimum atomic E-state index is -4.76. The summed E-state index contributed by atoms with van der Waals surface area (Å²) in [5, 5.41) is 3.03. The van der Waals surface area contributed by atoms with Crippen LogP contribution in [-0.2, 0) is 4.79 Å². The topological polar surface area (TPSA) is 58.5 Å². The molecule has 0 aliphatic rings. The first-order valence-electron chi connectivity index (χ1n) is 5.85. The molecule has 0 saturated heterocycles. The minimum absolute atomic E-state index is 0.0261. The lowest BCUT2D eigenvalue weighted by molar-refractivity contribution is -0.118. The summed E-state index contributed by atoms with van der Waals surface area (Å²) in [7, 11) is 0. The number of hydrazone groups is 1. The third kappa shape index (κ3) is 4.83. The first kappa shape index (κ1) is 15.9. The van der Waals surface area contributed by atoms with Gasteiger partial charge in [0.25, 0.3) is 5.91 Å². The number of Topliss-reactive ketones (excluding diaryl/α,β-unsaturated/α-hetero) is 1. The lowest BCUT2D eigenvalue weighted by Gasteiger charge is -2.09. The van der Waals surface area contributed by atoms with E-state index >= 15 is 0 Å². The summed E-state index contributed by atoms with van der Waals surface area (Å²) in [6, 6.07) is 7.69. The maximum Gasteiger partial charge on any atom is 0.431 e. The SMILES string of the molecule is CCC(=O)C/C(=N/NC(=O)c1ccccc1)C(F)(F)F. The number of nitrogens with zero attached hydrogens (tertiary/aromatic N) is 1. The fraction of sp³-hybridized carbons (Fsp3) is 0.308. The molecule has 0 aliphatic carbocycles. The molecule has 1 N–H and O–H groups in total. The van der Waals surface area contributed by atoms with Crippen molar-refractivity contribution in [3.63, 3.8) is 0 Å². The summed E-state index contributed by atoms with van der Waals surface area (Å²) in [6.07, 6.45) is -5.63. The van der Waals surface area contributed by atoms with E-state index in [9.17, 15) is 22.8 Å². The van der Waals surface area contributed by atoms with E-state index < -0.39 is 30.0 Å². The molecule has 1 aromatic rings. The highest BCUT2D eigenvalue weighted by Gasteiger charge is 2.37. The first-order chi connectivity index (χ1) is 9.34. The molecule has 0 saturated carbocycles. The maximum absolute atomic E-state index is 12.6. The Bertz CT molecular complexity index is 510. The van der Waals surface area contributed by atoms with Crippen molar-refractivity contribution in [2.75, 3.05) is 0 Å². The molecule has 0 aromatic heterocycles. The number of carbonyl (C=O) groups is 2. The second-order valence-electron chi connectivity index (χ2n) is 3.93. The molecule has 108 valence electrons. The standard InChI is InChI=1S/C13H13F3N2O2/c1-2-10(19)8-11(13(14,15)16)17-18-12(20)9-6-4-3-5-7-9/h3-7H,2,8H2,1H3,(H,18,20)/b17-11-. The first-order valence-corrected chi connectivity index (χ1v) is 5.85. The molecular formula is C13H13F3N2O2. The molecule has 0 unspecified atom stereocenters. The molecule has 0 fully saturated rings. The van der Waals surface area contributed by atoms with E-state index in [4.69, 9.17) is 0 Å². The monoisotopic (exact) mass is 286 g/mol. The van der Waals surface area contributed by atoms with Crippen LogP contribution in [-0.4, -0.2) is 23.6 Å². The summed E-state index contributed by atoms with van der Waals surface area (Å²) in [5.41, 5.74) is 0.681. The second-order valence-corrected chi connectivity index (χ2v) is 3.93. The maximum atomic E-state index is 12.6. The molecule has 1 aromatic carbocycles. The van der Waals surface area contributed by atoms with Crippen molar-refractivity contribution in [1.29, 1.82) is 0 Å². The molecule has 0 atom stereocenters. The Hall–Kier alpha value is -2.18. The zero-order valence-corrected chi connectivity index (χ0v) is 10.7. The summed E-state index contributed by atoms with van der Waals surface area (Å²) in [5.74, 6) is -1.37. The third-order valence-corrected chi connectivity index (χ3v) is 2.41. The molecular weight excluding hydrogens is 273 g/mol. The Morgan fingerprint density at radius 3 is 2.30 bits per heavy atom. The molecule has 0 spiro atoms. The average molecular weight is 286 g/mol. The van der Waals surface area contributed by atoms with E-state index in [1.54, 1.807) is 18.2 Å². The van der Waals surface area contributed by atoms with Crippen molar-refractivity contribution in [3.8, 4) is 0 Å². The third-order valence-electron chi connectivity index (χ3n) is 2.41. The van der Waals surface area contributed by atoms with E-state index in [0.29, 0.717) is 0 Å². The fourth-order valence-corrected chi connectivity index (χ4v) is 1.29. The van der Waals surface area contributed by atoms with Gasteiger partial charge in [-0.15, -0.1) is 0 Å². The second kappa shape index (κ2) is 6.83. The van der Waals surface area contributed by atoms with E-state index in [0.717, 1.165) is 0 Å². The Morgan fingerprint density at radius 1 is 1.20 bits per heavy atom. The van der Waals surface area contributed by atoms with Crippen LogP contribution >= 0.6 is 0 Å². The quantitative estimate of drug-likeness (QED) is 0.668. The van der Waals surface area contributed by atoms with Crippen molar-refractivity contribution < 1.29 is 22.8 Å². The van der Waals surface area contributed by atoms with Gasteiger partial charge in [0, 0.05) is 12.0 Å². The minimum Gasteiger partial charge on any atom is -0.299 e. The number of alkyl halides is 3. The van der Waals surface area contributed by atoms with Gasteiger partial charge in [-0.25, -0.2) is 5.43 Å². The summed E-state index contributed by atoms with van der Waals surface area (Å²) >= 11 is 0. The number of amides is 1. The number of carbonyl (C=O) groups excluding carboxylic acids is 2. The van der Waals surface area contributed by atoms with Crippen molar-refractivity contribution in [3.05, 3.63) is 35.9 Å². The summed E-state index contributed by atoms with van der Waals surface area (Å²) in [6.45, 7) is 1.46. The van der Waals surface area contributed by atoms with Gasteiger partial charge in [0.05, 0.1) is 6.42 Å². The number of hydrogen-bond acceptors (Lipinski definition) is 3. The van der Waals surface area contributed by atoms with Crippen molar-refractivity contribution in [2.24, 2.45) is 5.10 Å². The van der Waals surface area contributed by atoms with E-state index in [-0.39, 0.29) is 12.0 Å². The average Bonchev–Trinajstić information content (AvgIpc) is 2.42. The van der Waals surface area contributed by atoms with Gasteiger partial charge in [-0.3, -0.25) is 9.59 Å². The largest absolute Gasteiger partial charge is 0.431 e. The number of benzene rings is 1. The number of nitrogens with one attached hydrogen (secondary N) is 1. The van der Waals surface area contributed by atoms with Crippen molar-refractivity contribution in [1.82, 2.24) is 5.43 Å². The smallest absolute Gasteiger partial charge is 0.299 e. The van der Waals surface area contributed by atoms with Crippen LogP contribution in [0.25, 0.3) is 0 Å². The van der Waals surface area contributed by atoms with Crippen LogP contribution < -0.4 is 5.43 Å². The number of hydrogen-bond donors (Lipinski definition) is 1. The summed E-state index contributed by atoms with van der Waals surface area (Å²) < 4.78 is 37.9. The van der Waals surface area contributed by atoms with Crippen LogP contribution in [0.5, 0.6) is 0 Å². The molecule has 0 heterocycles. The molecule has 20 heavy (non-hydrogen) atoms. The Balaban J connectivity index is 2.82. The van der Waals surface area contributed by atoms with Gasteiger partial charge < -0.3 is 0 Å². The Kier molecular flexibility index (Phi) is 5.42. The van der Waals surface area contributed by atoms with Gasteiger partial charge in [-0.1, -0.05) is 25.1 Å². The van der Waals surface area contributed by atoms with Gasteiger partial charge >= 0.3 is 6.18 Å². The van der Waals surface area contributed by atoms with Gasteiger partial charge in [-0.05, 0) is 12.1 Å². The highest BCUT2D eigenvalue weighted by Crippen LogP contribution is 2.19. The van der Waals surface area contributed by atoms with Gasteiger partial charge in [0.2, 0.25) is 0 Å². The summed E-state index contributed by atoms with van der Waals surface area (Å²) in [4.78, 5) is 22.7. The highest BCUT2D eigenvalue weighted by molar-refractivity contribution is 6.05. The molecule has 4 nitrogen and oxygen atoms in total. The predicted octanol–water partition coefficient (Wildman–Crippen LogP) is 2.70. The predicted molar refractivity (Wildman–Crippen MR) is 67.3 cm³/mol. The van der Waals surface area contributed by atoms with Crippen LogP contribution in [0.3, 0.4) is 0 Å². The molecule has 0 radical (unpaired) electrons. The lowest BCUT2D eigenvalue weighted by Crippen LogP contribution is -2.30. The van der Waals surface area contributed by atoms with Gasteiger partial charge in [-0.2, -0.15) is 18.3 Å². The molecule has 7 heteroatoms. The lowest BCUT2D eigenvalue weighted by atomic mass is 10.1. The van der Waals surface area contributed by atoms with Crippen LogP contribution in [0.15, 0.2) is 35.4 Å². The van der Waals surface area contributed by atoms with E-state index in [1.165, 1.54) is 19.1 Å². The van der Waals surface area contributed by atoms with E-state index in [2.05, 4.69) is 5.10 Å². The molecule has 0 aliphatic heterocycles. The number of rotatable bonds is 5. The number of halogens is 3. The molecule has 1 amide bonds. The van der Waals surface area contributed by atoms with Crippen LogP contribution in [0.4, 0.5) is 13.2 Å².